The van der Waals surface area contributed by atoms with Crippen LogP contribution in [-0.2, 0) is 16.0 Å². The average molecular weight is 429 g/mol. The highest BCUT2D eigenvalue weighted by Crippen LogP contribution is 2.21. The first-order chi connectivity index (χ1) is 14.5. The molecule has 0 bridgehead atoms. The van der Waals surface area contributed by atoms with Crippen molar-refractivity contribution >= 4 is 35.1 Å². The van der Waals surface area contributed by atoms with Crippen molar-refractivity contribution in [2.24, 2.45) is 4.99 Å². The summed E-state index contributed by atoms with van der Waals surface area (Å²) in [6.45, 7) is 1.51. The third-order valence-electron chi connectivity index (χ3n) is 4.52. The lowest BCUT2D eigenvalue weighted by molar-refractivity contribution is -0.137. The van der Waals surface area contributed by atoms with E-state index in [4.69, 9.17) is 0 Å². The van der Waals surface area contributed by atoms with Gasteiger partial charge in [-0.3, -0.25) is 24.7 Å². The first-order valence-corrected chi connectivity index (χ1v) is 10.6. The molecule has 2 amide bonds. The SMILES string of the molecule is O=C(O)C[C@@H](NC(=O)c1ccc(CCC(=O)NC2=NCCCN2)s1)c1ccccc1. The maximum Gasteiger partial charge on any atom is 0.305 e. The minimum Gasteiger partial charge on any atom is -0.481 e. The molecule has 0 radical (unpaired) electrons. The highest BCUT2D eigenvalue weighted by atomic mass is 32.1. The van der Waals surface area contributed by atoms with Crippen LogP contribution in [-0.4, -0.2) is 41.9 Å². The van der Waals surface area contributed by atoms with Gasteiger partial charge in [0.15, 0.2) is 5.96 Å². The lowest BCUT2D eigenvalue weighted by Gasteiger charge is -2.16. The summed E-state index contributed by atoms with van der Waals surface area (Å²) in [5, 5.41) is 17.8. The molecule has 30 heavy (non-hydrogen) atoms. The average Bonchev–Trinajstić information content (AvgIpc) is 3.22. The number of carbonyl (C=O) groups is 3. The monoisotopic (exact) mass is 428 g/mol. The van der Waals surface area contributed by atoms with E-state index in [1.807, 2.05) is 12.1 Å². The smallest absolute Gasteiger partial charge is 0.305 e. The van der Waals surface area contributed by atoms with Crippen LogP contribution in [0.1, 0.15) is 45.4 Å². The zero-order valence-electron chi connectivity index (χ0n) is 16.4. The molecule has 8 nitrogen and oxygen atoms in total. The van der Waals surface area contributed by atoms with E-state index in [2.05, 4.69) is 20.9 Å². The minimum atomic E-state index is -0.987. The summed E-state index contributed by atoms with van der Waals surface area (Å²) in [5.74, 6) is -0.929. The van der Waals surface area contributed by atoms with Crippen LogP contribution in [0.4, 0.5) is 0 Å². The Morgan fingerprint density at radius 3 is 2.67 bits per heavy atom. The van der Waals surface area contributed by atoms with E-state index in [0.717, 1.165) is 23.4 Å². The number of aliphatic imine (C=N–C) groups is 1. The Balaban J connectivity index is 1.55. The van der Waals surface area contributed by atoms with E-state index in [9.17, 15) is 19.5 Å². The van der Waals surface area contributed by atoms with E-state index < -0.39 is 12.0 Å². The number of carboxylic acids is 1. The van der Waals surface area contributed by atoms with Gasteiger partial charge in [-0.1, -0.05) is 30.3 Å². The van der Waals surface area contributed by atoms with Crippen LogP contribution < -0.4 is 16.0 Å². The third kappa shape index (κ3) is 6.41. The number of thiophene rings is 1. The van der Waals surface area contributed by atoms with Crippen molar-refractivity contribution in [1.82, 2.24) is 16.0 Å². The second-order valence-electron chi connectivity index (χ2n) is 6.86. The molecule has 2 aromatic rings. The number of nitrogens with one attached hydrogen (secondary N) is 3. The summed E-state index contributed by atoms with van der Waals surface area (Å²) in [4.78, 5) is 41.5. The first kappa shape index (κ1) is 21.5. The predicted molar refractivity (Wildman–Crippen MR) is 115 cm³/mol. The van der Waals surface area contributed by atoms with Gasteiger partial charge < -0.3 is 15.7 Å². The number of aliphatic carboxylic acids is 1. The number of aryl methyl sites for hydroxylation is 1. The first-order valence-electron chi connectivity index (χ1n) is 9.76. The number of rotatable bonds is 8. The number of amides is 2. The molecule has 0 saturated heterocycles. The molecule has 1 atom stereocenters. The van der Waals surface area contributed by atoms with Crippen molar-refractivity contribution in [3.05, 3.63) is 57.8 Å². The lowest BCUT2D eigenvalue weighted by atomic mass is 10.0. The van der Waals surface area contributed by atoms with Gasteiger partial charge >= 0.3 is 5.97 Å². The molecule has 9 heteroatoms. The topological polar surface area (TPSA) is 120 Å². The predicted octanol–water partition coefficient (Wildman–Crippen LogP) is 2.09. The molecule has 3 rings (SSSR count). The molecule has 1 aromatic heterocycles. The number of hydrogen-bond acceptors (Lipinski definition) is 6. The van der Waals surface area contributed by atoms with Crippen LogP contribution in [0.5, 0.6) is 0 Å². The minimum absolute atomic E-state index is 0.131. The number of guanidine groups is 1. The zero-order chi connectivity index (χ0) is 21.3. The van der Waals surface area contributed by atoms with Gasteiger partial charge in [-0.15, -0.1) is 11.3 Å². The molecule has 4 N–H and O–H groups in total. The van der Waals surface area contributed by atoms with Crippen molar-refractivity contribution in [1.29, 1.82) is 0 Å². The van der Waals surface area contributed by atoms with Gasteiger partial charge in [0, 0.05) is 24.4 Å². The molecule has 0 spiro atoms. The van der Waals surface area contributed by atoms with E-state index in [1.54, 1.807) is 30.3 Å². The number of benzene rings is 1. The Morgan fingerprint density at radius 2 is 1.97 bits per heavy atom. The van der Waals surface area contributed by atoms with Crippen LogP contribution >= 0.6 is 11.3 Å². The molecule has 0 aliphatic carbocycles. The Labute approximate surface area is 178 Å². The fourth-order valence-corrected chi connectivity index (χ4v) is 3.93. The Morgan fingerprint density at radius 1 is 1.17 bits per heavy atom. The highest BCUT2D eigenvalue weighted by Gasteiger charge is 2.20. The Hall–Kier alpha value is -3.20. The summed E-state index contributed by atoms with van der Waals surface area (Å²) in [6.07, 6.45) is 1.55. The van der Waals surface area contributed by atoms with Crippen LogP contribution in [0.2, 0.25) is 0 Å². The third-order valence-corrected chi connectivity index (χ3v) is 5.67. The molecular weight excluding hydrogens is 404 g/mol. The highest BCUT2D eigenvalue weighted by molar-refractivity contribution is 7.14. The lowest BCUT2D eigenvalue weighted by Crippen LogP contribution is -2.43. The molecule has 2 heterocycles. The van der Waals surface area contributed by atoms with Crippen molar-refractivity contribution in [3.8, 4) is 0 Å². The largest absolute Gasteiger partial charge is 0.481 e. The van der Waals surface area contributed by atoms with Crippen molar-refractivity contribution in [2.75, 3.05) is 13.1 Å². The van der Waals surface area contributed by atoms with Gasteiger partial charge in [0.25, 0.3) is 5.91 Å². The van der Waals surface area contributed by atoms with Crippen molar-refractivity contribution < 1.29 is 19.5 Å². The van der Waals surface area contributed by atoms with E-state index in [-0.39, 0.29) is 24.7 Å². The summed E-state index contributed by atoms with van der Waals surface area (Å²) < 4.78 is 0. The van der Waals surface area contributed by atoms with E-state index in [0.29, 0.717) is 23.8 Å². The quantitative estimate of drug-likeness (QED) is 0.513. The maximum atomic E-state index is 12.6. The summed E-state index contributed by atoms with van der Waals surface area (Å²) >= 11 is 1.30. The number of hydrogen-bond donors (Lipinski definition) is 4. The molecular formula is C21H24N4O4S. The van der Waals surface area contributed by atoms with Gasteiger partial charge in [0.05, 0.1) is 17.3 Å². The van der Waals surface area contributed by atoms with E-state index in [1.165, 1.54) is 11.3 Å². The van der Waals surface area contributed by atoms with Crippen LogP contribution in [0.3, 0.4) is 0 Å². The number of carbonyl (C=O) groups excluding carboxylic acids is 2. The molecule has 0 fully saturated rings. The molecule has 0 unspecified atom stereocenters. The summed E-state index contributed by atoms with van der Waals surface area (Å²) in [6, 6.07) is 11.9. The fraction of sp³-hybridized carbons (Fsp3) is 0.333. The van der Waals surface area contributed by atoms with Gasteiger partial charge in [0.1, 0.15) is 0 Å². The second-order valence-corrected chi connectivity index (χ2v) is 8.03. The molecule has 1 aliphatic heterocycles. The molecule has 0 saturated carbocycles. The molecule has 158 valence electrons. The van der Waals surface area contributed by atoms with Crippen molar-refractivity contribution in [3.63, 3.8) is 0 Å². The number of nitrogens with zero attached hydrogens (tertiary/aromatic N) is 1. The van der Waals surface area contributed by atoms with Gasteiger partial charge in [-0.05, 0) is 30.5 Å². The van der Waals surface area contributed by atoms with Crippen LogP contribution in [0, 0.1) is 0 Å². The van der Waals surface area contributed by atoms with Gasteiger partial charge in [0.2, 0.25) is 5.91 Å². The molecule has 1 aromatic carbocycles. The zero-order valence-corrected chi connectivity index (χ0v) is 17.2. The second kappa shape index (κ2) is 10.5. The van der Waals surface area contributed by atoms with Crippen LogP contribution in [0.15, 0.2) is 47.5 Å². The summed E-state index contributed by atoms with van der Waals surface area (Å²) in [7, 11) is 0. The van der Waals surface area contributed by atoms with E-state index >= 15 is 0 Å². The standard InChI is InChI=1S/C21H24N4O4S/c26-18(25-21-22-11-4-12-23-21)10-8-15-7-9-17(30-15)20(29)24-16(13-19(27)28)14-5-2-1-3-6-14/h1-3,5-7,9,16H,4,8,10-13H2,(H,24,29)(H,27,28)(H2,22,23,25,26)/t16-/m1/s1. The summed E-state index contributed by atoms with van der Waals surface area (Å²) in [5.41, 5.74) is 0.737. The maximum absolute atomic E-state index is 12.6. The number of carboxylic acid groups (broad SMARTS) is 1. The Bertz CT molecular complexity index is 926. The fourth-order valence-electron chi connectivity index (χ4n) is 3.02. The molecule has 1 aliphatic rings. The van der Waals surface area contributed by atoms with Crippen LogP contribution in [0.25, 0.3) is 0 Å². The van der Waals surface area contributed by atoms with Crippen molar-refractivity contribution in [2.45, 2.75) is 31.7 Å². The Kier molecular flexibility index (Phi) is 7.56. The normalized spacial score (nSPS) is 14.2. The van der Waals surface area contributed by atoms with Gasteiger partial charge in [-0.2, -0.15) is 0 Å². The van der Waals surface area contributed by atoms with Gasteiger partial charge in [-0.25, -0.2) is 0 Å².